The monoisotopic (exact) mass is 1770 g/mol. The van der Waals surface area contributed by atoms with E-state index in [2.05, 4.69) is 61.6 Å². The van der Waals surface area contributed by atoms with Crippen LogP contribution in [0.3, 0.4) is 0 Å². The van der Waals surface area contributed by atoms with Crippen LogP contribution in [0.5, 0.6) is 0 Å². The number of benzene rings is 8. The summed E-state index contributed by atoms with van der Waals surface area (Å²) < 4.78 is 7.01. The minimum absolute atomic E-state index is 0.0490. The van der Waals surface area contributed by atoms with Crippen LogP contribution in [0.2, 0.25) is 0 Å². The zero-order valence-electron chi connectivity index (χ0n) is 79.6. The van der Waals surface area contributed by atoms with Crippen molar-refractivity contribution < 1.29 is 19.2 Å². The van der Waals surface area contributed by atoms with Crippen molar-refractivity contribution in [3.8, 4) is 44.5 Å². The summed E-state index contributed by atoms with van der Waals surface area (Å²) in [6.07, 6.45) is 25.4. The van der Waals surface area contributed by atoms with Crippen molar-refractivity contribution in [2.24, 2.45) is 28.2 Å². The molecule has 24 heteroatoms. The highest BCUT2D eigenvalue weighted by Crippen LogP contribution is 2.43. The molecule has 0 fully saturated rings. The summed E-state index contributed by atoms with van der Waals surface area (Å²) in [4.78, 5) is 79.1. The molecule has 4 amide bonds. The highest BCUT2D eigenvalue weighted by Gasteiger charge is 2.33. The molecule has 24 nitrogen and oxygen atoms in total. The fraction of sp³-hybridized carbons (Fsp3) is 0.222. The Bertz CT molecular complexity index is 5560. The lowest BCUT2D eigenvalue weighted by atomic mass is 10.0. The quantitative estimate of drug-likeness (QED) is 0.0887. The van der Waals surface area contributed by atoms with Crippen molar-refractivity contribution in [1.29, 1.82) is 0 Å². The van der Waals surface area contributed by atoms with Gasteiger partial charge in [0.1, 0.15) is 0 Å². The van der Waals surface area contributed by atoms with Crippen molar-refractivity contribution >= 4 is 92.1 Å². The number of carbonyl (C=O) groups excluding carboxylic acids is 4. The first-order valence-electron chi connectivity index (χ1n) is 45.6. The molecule has 680 valence electrons. The van der Waals surface area contributed by atoms with E-state index in [1.165, 1.54) is 0 Å². The molecule has 12 heterocycles. The van der Waals surface area contributed by atoms with E-state index in [0.29, 0.717) is 60.1 Å². The maximum absolute atomic E-state index is 13.6. The van der Waals surface area contributed by atoms with Crippen LogP contribution in [-0.2, 0) is 54.4 Å². The summed E-state index contributed by atoms with van der Waals surface area (Å²) in [5, 5.41) is 30.4. The molecule has 4 aliphatic heterocycles. The summed E-state index contributed by atoms with van der Waals surface area (Å²) in [6, 6.07) is 74.7. The molecular formula is C108H124N20O4. The van der Waals surface area contributed by atoms with Crippen LogP contribution >= 0.6 is 0 Å². The number of pyridine rings is 4. The number of fused-ring (bicyclic) bond motifs is 8. The van der Waals surface area contributed by atoms with Gasteiger partial charge in [-0.1, -0.05) is 256 Å². The average molecular weight is 1770 g/mol. The third-order valence-corrected chi connectivity index (χ3v) is 20.2. The average Bonchev–Trinajstić information content (AvgIpc) is 1.65. The number of nitrogens with one attached hydrogen (secondary N) is 4. The summed E-state index contributed by atoms with van der Waals surface area (Å²) in [5.74, 6) is 1.12. The second kappa shape index (κ2) is 50.7. The molecular weight excluding hydrogens is 1640 g/mol. The number of nitrogens with zero attached hydrogens (tertiary/aromatic N) is 16. The number of hydrogen-bond acceptors (Lipinski definition) is 16. The van der Waals surface area contributed by atoms with Crippen LogP contribution in [0.4, 0.5) is 68.5 Å². The first-order chi connectivity index (χ1) is 64.7. The zero-order chi connectivity index (χ0) is 95.2. The molecule has 0 bridgehead atoms. The molecule has 4 aliphatic rings. The number of hydrogen-bond donors (Lipinski definition) is 4. The van der Waals surface area contributed by atoms with E-state index in [-0.39, 0.29) is 23.6 Å². The van der Waals surface area contributed by atoms with Crippen molar-refractivity contribution in [3.05, 3.63) is 362 Å². The standard InChI is InChI=1S/4C23H19N5O.8C2H6/c2*1-27-15-18(13-25-27)17-9-10-20-19(12-17)23(29)28(14-16-6-3-2-4-7-16)21-8-5-11-24-22(21)26-20;2*1-27-15-18(12-25-27)17-7-8-20-19(11-17)23(29)28(14-16-5-3-2-4-6-16)22-9-10-24-13-21(22)26-20;8*1-2/h2*2-13,15H,14H2,1H3,(H,24,26);2*2-13,15,26H,14H2,1H3;8*1-2H3. The fourth-order valence-electron chi connectivity index (χ4n) is 14.4. The van der Waals surface area contributed by atoms with Gasteiger partial charge in [-0.05, 0) is 129 Å². The first kappa shape index (κ1) is 100. The predicted octanol–water partition coefficient (Wildman–Crippen LogP) is 25.8. The molecule has 0 aliphatic carbocycles. The summed E-state index contributed by atoms with van der Waals surface area (Å²) in [6.45, 7) is 33.9. The Morgan fingerprint density at radius 2 is 0.477 bits per heavy atom. The van der Waals surface area contributed by atoms with E-state index >= 15 is 0 Å². The number of aromatic nitrogens is 12. The SMILES string of the molecule is CC.CC.CC.CC.CC.CC.CC.CC.Cn1cc(-c2ccc3c(c2)C(=O)N(Cc2ccccc2)c2cccnc2N3)cn1.Cn1cc(-c2ccc3c(c2)C(=O)N(Cc2ccccc2)c2cccnc2N3)cn1.Cn1cc(-c2ccc3c(c2)C(=O)N(Cc2ccccc2)c2ccncc2N3)cn1.Cn1cc(-c2ccc3c(c2)C(=O)N(Cc2ccccc2)c2ccncc2N3)cn1. The maximum Gasteiger partial charge on any atom is 0.260 e. The van der Waals surface area contributed by atoms with Gasteiger partial charge in [-0.15, -0.1) is 0 Å². The minimum Gasteiger partial charge on any atom is -0.352 e. The molecule has 0 spiro atoms. The first-order valence-corrected chi connectivity index (χ1v) is 45.6. The van der Waals surface area contributed by atoms with Gasteiger partial charge in [-0.3, -0.25) is 47.9 Å². The topological polar surface area (TPSA) is 252 Å². The Labute approximate surface area is 778 Å². The Hall–Kier alpha value is -15.7. The summed E-state index contributed by atoms with van der Waals surface area (Å²) in [7, 11) is 7.52. The van der Waals surface area contributed by atoms with Crippen LogP contribution in [-0.4, -0.2) is 82.7 Å². The van der Waals surface area contributed by atoms with Crippen LogP contribution in [0, 0.1) is 0 Å². The van der Waals surface area contributed by atoms with E-state index in [9.17, 15) is 19.2 Å². The second-order valence-electron chi connectivity index (χ2n) is 28.2. The number of rotatable bonds is 12. The third kappa shape index (κ3) is 24.6. The Morgan fingerprint density at radius 1 is 0.235 bits per heavy atom. The van der Waals surface area contributed by atoms with E-state index in [1.54, 1.807) is 100 Å². The fourth-order valence-corrected chi connectivity index (χ4v) is 14.4. The van der Waals surface area contributed by atoms with E-state index < -0.39 is 0 Å². The van der Waals surface area contributed by atoms with Crippen molar-refractivity contribution in [3.63, 3.8) is 0 Å². The van der Waals surface area contributed by atoms with E-state index in [0.717, 1.165) is 124 Å². The van der Waals surface area contributed by atoms with Crippen LogP contribution in [0.25, 0.3) is 44.5 Å². The number of amides is 4. The molecule has 0 radical (unpaired) electrons. The van der Waals surface area contributed by atoms with Gasteiger partial charge in [0.15, 0.2) is 11.6 Å². The van der Waals surface area contributed by atoms with Gasteiger partial charge < -0.3 is 40.9 Å². The normalized spacial score (nSPS) is 11.5. The Balaban J connectivity index is 0.000000188. The molecule has 16 aromatic rings. The molecule has 0 saturated carbocycles. The number of carbonyl (C=O) groups is 4. The summed E-state index contributed by atoms with van der Waals surface area (Å²) in [5.41, 5.74) is 22.2. The minimum atomic E-state index is -0.0613. The van der Waals surface area contributed by atoms with Gasteiger partial charge in [-0.2, -0.15) is 20.4 Å². The Morgan fingerprint density at radius 3 is 0.720 bits per heavy atom. The second-order valence-corrected chi connectivity index (χ2v) is 28.2. The molecule has 8 aromatic heterocycles. The van der Waals surface area contributed by atoms with Gasteiger partial charge in [0.2, 0.25) is 0 Å². The molecule has 20 rings (SSSR count). The molecule has 0 atom stereocenters. The highest BCUT2D eigenvalue weighted by atomic mass is 16.2. The third-order valence-electron chi connectivity index (χ3n) is 20.2. The van der Waals surface area contributed by atoms with Crippen LogP contribution in [0.1, 0.15) is 174 Å². The maximum atomic E-state index is 13.6. The van der Waals surface area contributed by atoms with Crippen molar-refractivity contribution in [2.75, 3.05) is 40.9 Å². The molecule has 0 saturated heterocycles. The molecule has 0 unspecified atom stereocenters. The molecule has 4 N–H and O–H groups in total. The van der Waals surface area contributed by atoms with Gasteiger partial charge in [0, 0.05) is 100 Å². The van der Waals surface area contributed by atoms with Gasteiger partial charge >= 0.3 is 0 Å². The predicted molar refractivity (Wildman–Crippen MR) is 543 cm³/mol. The number of anilines is 12. The highest BCUT2D eigenvalue weighted by molar-refractivity contribution is 6.17. The van der Waals surface area contributed by atoms with Crippen molar-refractivity contribution in [1.82, 2.24) is 59.1 Å². The lowest BCUT2D eigenvalue weighted by Gasteiger charge is -2.22. The van der Waals surface area contributed by atoms with Crippen LogP contribution < -0.4 is 40.9 Å². The summed E-state index contributed by atoms with van der Waals surface area (Å²) >= 11 is 0. The van der Waals surface area contributed by atoms with Crippen molar-refractivity contribution in [2.45, 2.75) is 137 Å². The van der Waals surface area contributed by atoms with Gasteiger partial charge in [-0.25, -0.2) is 9.97 Å². The van der Waals surface area contributed by atoms with E-state index in [4.69, 9.17) is 0 Å². The lowest BCUT2D eigenvalue weighted by Crippen LogP contribution is -2.29. The molecule has 132 heavy (non-hydrogen) atoms. The van der Waals surface area contributed by atoms with Gasteiger partial charge in [0.05, 0.1) is 142 Å². The Kier molecular flexibility index (Phi) is 38.4. The number of aryl methyl sites for hydroxylation is 4. The zero-order valence-corrected chi connectivity index (χ0v) is 79.6. The van der Waals surface area contributed by atoms with Crippen LogP contribution in [0.15, 0.2) is 317 Å². The van der Waals surface area contributed by atoms with Gasteiger partial charge in [0.25, 0.3) is 23.6 Å². The lowest BCUT2D eigenvalue weighted by molar-refractivity contribution is 0.0979. The largest absolute Gasteiger partial charge is 0.352 e. The smallest absolute Gasteiger partial charge is 0.260 e. The van der Waals surface area contributed by atoms with E-state index in [1.807, 2.05) is 394 Å². The molecule has 8 aromatic carbocycles.